The summed E-state index contributed by atoms with van der Waals surface area (Å²) >= 11 is 0. The van der Waals surface area contributed by atoms with E-state index in [4.69, 9.17) is 0 Å². The Bertz CT molecular complexity index is 926. The molecule has 0 saturated carbocycles. The number of carbonyl (C=O) groups is 1. The zero-order valence-corrected chi connectivity index (χ0v) is 11.9. The molecular formula is C14H10F3N5O2. The first-order chi connectivity index (χ1) is 11.3. The first-order valence-electron chi connectivity index (χ1n) is 6.69. The number of halogens is 3. The Morgan fingerprint density at radius 2 is 2.04 bits per heavy atom. The second kappa shape index (κ2) is 5.80. The van der Waals surface area contributed by atoms with Crippen LogP contribution in [0.2, 0.25) is 0 Å². The van der Waals surface area contributed by atoms with Gasteiger partial charge in [-0.2, -0.15) is 18.3 Å². The van der Waals surface area contributed by atoms with Crippen molar-refractivity contribution in [2.24, 2.45) is 10.2 Å². The minimum Gasteiger partial charge on any atom is -0.493 e. The smallest absolute Gasteiger partial charge is 0.435 e. The van der Waals surface area contributed by atoms with Crippen LogP contribution >= 0.6 is 0 Å². The topological polar surface area (TPSA) is 95.6 Å². The van der Waals surface area contributed by atoms with Crippen molar-refractivity contribution in [1.82, 2.24) is 14.8 Å². The van der Waals surface area contributed by atoms with Gasteiger partial charge >= 0.3 is 6.18 Å². The lowest BCUT2D eigenvalue weighted by atomic mass is 10.2. The fourth-order valence-corrected chi connectivity index (χ4v) is 2.09. The molecule has 0 spiro atoms. The number of H-pyrrole nitrogens is 1. The highest BCUT2D eigenvalue weighted by Gasteiger charge is 2.33. The fraction of sp³-hybridized carbons (Fsp3) is 0.143. The minimum absolute atomic E-state index is 0.0791. The van der Waals surface area contributed by atoms with Crippen molar-refractivity contribution in [1.29, 1.82) is 0 Å². The van der Waals surface area contributed by atoms with Crippen molar-refractivity contribution in [3.05, 3.63) is 42.2 Å². The van der Waals surface area contributed by atoms with E-state index >= 15 is 0 Å². The third-order valence-electron chi connectivity index (χ3n) is 3.15. The number of alkyl halides is 3. The number of rotatable bonds is 3. The molecule has 0 aliphatic heterocycles. The zero-order valence-electron chi connectivity index (χ0n) is 11.9. The van der Waals surface area contributed by atoms with Crippen molar-refractivity contribution >= 4 is 22.5 Å². The molecule has 0 radical (unpaired) electrons. The summed E-state index contributed by atoms with van der Waals surface area (Å²) < 4.78 is 38.1. The molecule has 3 aromatic rings. The molecule has 0 aliphatic rings. The van der Waals surface area contributed by atoms with E-state index in [0.717, 1.165) is 16.9 Å². The number of aromatic nitrogens is 3. The molecule has 2 N–H and O–H groups in total. The molecule has 0 unspecified atom stereocenters. The van der Waals surface area contributed by atoms with Crippen LogP contribution < -0.4 is 0 Å². The molecule has 0 bridgehead atoms. The quantitative estimate of drug-likeness (QED) is 0.717. The van der Waals surface area contributed by atoms with Crippen LogP contribution in [0.25, 0.3) is 10.9 Å². The lowest BCUT2D eigenvalue weighted by Gasteiger charge is -2.00. The fourth-order valence-electron chi connectivity index (χ4n) is 2.09. The summed E-state index contributed by atoms with van der Waals surface area (Å²) in [4.78, 5) is 14.4. The summed E-state index contributed by atoms with van der Waals surface area (Å²) in [5, 5.41) is 20.7. The van der Waals surface area contributed by atoms with Gasteiger partial charge in [-0.25, -0.2) is 0 Å². The number of nitrogens with one attached hydrogen (secondary N) is 1. The van der Waals surface area contributed by atoms with Gasteiger partial charge in [-0.3, -0.25) is 9.48 Å². The van der Waals surface area contributed by atoms with Gasteiger partial charge in [-0.1, -0.05) is 18.2 Å². The molecule has 0 aliphatic carbocycles. The van der Waals surface area contributed by atoms with Gasteiger partial charge in [0.05, 0.1) is 5.52 Å². The van der Waals surface area contributed by atoms with E-state index in [-0.39, 0.29) is 11.6 Å². The molecule has 3 rings (SSSR count). The van der Waals surface area contributed by atoms with Gasteiger partial charge in [0.25, 0.3) is 5.91 Å². The van der Waals surface area contributed by atoms with Gasteiger partial charge in [0, 0.05) is 11.6 Å². The van der Waals surface area contributed by atoms with Crippen LogP contribution in [0.15, 0.2) is 46.8 Å². The van der Waals surface area contributed by atoms with E-state index in [1.165, 1.54) is 0 Å². The predicted octanol–water partition coefficient (Wildman–Crippen LogP) is 3.40. The highest BCUT2D eigenvalue weighted by Crippen LogP contribution is 2.35. The number of benzene rings is 1. The first-order valence-corrected chi connectivity index (χ1v) is 6.69. The zero-order chi connectivity index (χ0) is 17.3. The van der Waals surface area contributed by atoms with E-state index in [0.29, 0.717) is 10.9 Å². The van der Waals surface area contributed by atoms with E-state index in [1.54, 1.807) is 24.3 Å². The molecule has 2 heterocycles. The van der Waals surface area contributed by atoms with E-state index in [2.05, 4.69) is 20.3 Å². The molecule has 10 heteroatoms. The van der Waals surface area contributed by atoms with Gasteiger partial charge < -0.3 is 10.1 Å². The first kappa shape index (κ1) is 15.7. The second-order valence-electron chi connectivity index (χ2n) is 4.86. The summed E-state index contributed by atoms with van der Waals surface area (Å²) in [7, 11) is 0. The van der Waals surface area contributed by atoms with Crippen LogP contribution in [0.1, 0.15) is 5.69 Å². The minimum atomic E-state index is -4.58. The Morgan fingerprint density at radius 1 is 1.29 bits per heavy atom. The molecule has 0 saturated heterocycles. The Morgan fingerprint density at radius 3 is 2.75 bits per heavy atom. The molecule has 0 fully saturated rings. The van der Waals surface area contributed by atoms with Crippen molar-refractivity contribution in [3.63, 3.8) is 0 Å². The van der Waals surface area contributed by atoms with E-state index < -0.39 is 24.3 Å². The number of amides is 1. The average molecular weight is 337 g/mol. The van der Waals surface area contributed by atoms with Crippen LogP contribution in [-0.4, -0.2) is 25.8 Å². The molecule has 2 aromatic heterocycles. The number of para-hydroxylation sites is 1. The standard InChI is InChI=1S/C14H10F3N5O2/c15-14(16,17)10-5-6-22(21-10)7-11(23)19-20-12-8-3-1-2-4-9(8)18-13(12)24/h1-6,18,24H,7H2. The molecule has 7 nitrogen and oxygen atoms in total. The van der Waals surface area contributed by atoms with Crippen LogP contribution in [0, 0.1) is 0 Å². The number of nitrogens with zero attached hydrogens (tertiary/aromatic N) is 4. The van der Waals surface area contributed by atoms with Gasteiger partial charge in [-0.05, 0) is 12.1 Å². The molecular weight excluding hydrogens is 327 g/mol. The lowest BCUT2D eigenvalue weighted by molar-refractivity contribution is -0.141. The summed E-state index contributed by atoms with van der Waals surface area (Å²) in [5.74, 6) is -1.07. The summed E-state index contributed by atoms with van der Waals surface area (Å²) in [5.41, 5.74) is -0.407. The SMILES string of the molecule is O=C(Cn1ccc(C(F)(F)F)n1)N=Nc1c(O)[nH]c2ccccc12. The third-order valence-corrected chi connectivity index (χ3v) is 3.15. The number of azo groups is 1. The summed E-state index contributed by atoms with van der Waals surface area (Å²) in [6.45, 7) is -0.497. The summed E-state index contributed by atoms with van der Waals surface area (Å²) in [6.07, 6.45) is -3.55. The van der Waals surface area contributed by atoms with Crippen LogP contribution in [0.3, 0.4) is 0 Å². The van der Waals surface area contributed by atoms with Crippen molar-refractivity contribution in [2.45, 2.75) is 12.7 Å². The lowest BCUT2D eigenvalue weighted by Crippen LogP contribution is -2.11. The van der Waals surface area contributed by atoms with Gasteiger partial charge in [0.15, 0.2) is 11.4 Å². The monoisotopic (exact) mass is 337 g/mol. The summed E-state index contributed by atoms with van der Waals surface area (Å²) in [6, 6.07) is 7.61. The van der Waals surface area contributed by atoms with Gasteiger partial charge in [0.1, 0.15) is 6.54 Å². The van der Waals surface area contributed by atoms with Gasteiger partial charge in [0.2, 0.25) is 5.88 Å². The van der Waals surface area contributed by atoms with Crippen LogP contribution in [-0.2, 0) is 17.5 Å². The van der Waals surface area contributed by atoms with Gasteiger partial charge in [-0.15, -0.1) is 10.2 Å². The average Bonchev–Trinajstić information content (AvgIpc) is 3.09. The Labute approximate surface area is 132 Å². The Kier molecular flexibility index (Phi) is 3.80. The second-order valence-corrected chi connectivity index (χ2v) is 4.86. The maximum Gasteiger partial charge on any atom is 0.435 e. The highest BCUT2D eigenvalue weighted by molar-refractivity contribution is 5.94. The highest BCUT2D eigenvalue weighted by atomic mass is 19.4. The van der Waals surface area contributed by atoms with Crippen molar-refractivity contribution < 1.29 is 23.1 Å². The predicted molar refractivity (Wildman–Crippen MR) is 76.7 cm³/mol. The number of aromatic amines is 1. The largest absolute Gasteiger partial charge is 0.493 e. The molecule has 1 amide bonds. The Hall–Kier alpha value is -3.17. The Balaban J connectivity index is 1.75. The number of aromatic hydroxyl groups is 1. The number of hydrogen-bond acceptors (Lipinski definition) is 4. The van der Waals surface area contributed by atoms with Crippen molar-refractivity contribution in [3.8, 4) is 5.88 Å². The molecule has 124 valence electrons. The maximum atomic E-state index is 12.4. The maximum absolute atomic E-state index is 12.4. The van der Waals surface area contributed by atoms with Crippen LogP contribution in [0.5, 0.6) is 5.88 Å². The van der Waals surface area contributed by atoms with E-state index in [1.807, 2.05) is 0 Å². The third kappa shape index (κ3) is 3.12. The van der Waals surface area contributed by atoms with Crippen molar-refractivity contribution in [2.75, 3.05) is 0 Å². The van der Waals surface area contributed by atoms with Crippen LogP contribution in [0.4, 0.5) is 18.9 Å². The van der Waals surface area contributed by atoms with E-state index in [9.17, 15) is 23.1 Å². The number of carbonyl (C=O) groups excluding carboxylic acids is 1. The normalized spacial score (nSPS) is 12.3. The number of fused-ring (bicyclic) bond motifs is 1. The molecule has 1 aromatic carbocycles. The molecule has 0 atom stereocenters. The molecule has 24 heavy (non-hydrogen) atoms. The number of hydrogen-bond donors (Lipinski definition) is 2.